The van der Waals surface area contributed by atoms with E-state index in [1.165, 1.54) is 35.3 Å². The molecule has 2 heterocycles. The second-order valence-electron chi connectivity index (χ2n) is 8.07. The van der Waals surface area contributed by atoms with Crippen molar-refractivity contribution >= 4 is 57.4 Å². The molecule has 0 unspecified atom stereocenters. The summed E-state index contributed by atoms with van der Waals surface area (Å²) in [5.74, 6) is -0.248. The minimum absolute atomic E-state index is 0.0726. The molecule has 6 nitrogen and oxygen atoms in total. The van der Waals surface area contributed by atoms with Crippen LogP contribution in [0.4, 0.5) is 5.69 Å². The lowest BCUT2D eigenvalue weighted by atomic mass is 9.86. The van der Waals surface area contributed by atoms with E-state index in [0.717, 1.165) is 10.4 Å². The van der Waals surface area contributed by atoms with E-state index < -0.39 is 5.97 Å². The van der Waals surface area contributed by atoms with Crippen LogP contribution in [0.3, 0.4) is 0 Å². The summed E-state index contributed by atoms with van der Waals surface area (Å²) in [6.45, 7) is 8.30. The number of hydrogen-bond acceptors (Lipinski definition) is 7. The van der Waals surface area contributed by atoms with Gasteiger partial charge in [0.05, 0.1) is 28.9 Å². The Morgan fingerprint density at radius 1 is 1.16 bits per heavy atom. The Labute approximate surface area is 201 Å². The summed E-state index contributed by atoms with van der Waals surface area (Å²) < 4.78 is 4.76. The Bertz CT molecular complexity index is 1160. The molecule has 0 radical (unpaired) electrons. The van der Waals surface area contributed by atoms with Gasteiger partial charge in [-0.15, -0.1) is 22.7 Å². The van der Waals surface area contributed by atoms with Gasteiger partial charge in [-0.2, -0.15) is 5.10 Å². The maximum absolute atomic E-state index is 11.8. The van der Waals surface area contributed by atoms with E-state index in [-0.39, 0.29) is 16.3 Å². The number of thiocarbonyl (C=S) groups is 1. The van der Waals surface area contributed by atoms with Gasteiger partial charge in [-0.1, -0.05) is 45.0 Å². The Kier molecular flexibility index (Phi) is 7.33. The maximum atomic E-state index is 11.8. The van der Waals surface area contributed by atoms with E-state index in [1.54, 1.807) is 18.4 Å². The third-order valence-electron chi connectivity index (χ3n) is 4.78. The third-order valence-corrected chi connectivity index (χ3v) is 6.88. The predicted molar refractivity (Wildman–Crippen MR) is 137 cm³/mol. The predicted octanol–water partition coefficient (Wildman–Crippen LogP) is 5.98. The van der Waals surface area contributed by atoms with Crippen molar-refractivity contribution < 1.29 is 14.6 Å². The van der Waals surface area contributed by atoms with E-state index in [4.69, 9.17) is 17.0 Å². The Hall–Kier alpha value is -2.75. The first-order chi connectivity index (χ1) is 15.1. The molecule has 2 aromatic heterocycles. The van der Waals surface area contributed by atoms with Gasteiger partial charge in [-0.25, -0.2) is 4.79 Å². The van der Waals surface area contributed by atoms with Crippen LogP contribution in [0.1, 0.15) is 48.5 Å². The molecule has 168 valence electrons. The number of thiophene rings is 2. The molecular weight excluding hydrogens is 462 g/mol. The molecule has 32 heavy (non-hydrogen) atoms. The number of hydrogen-bond donors (Lipinski definition) is 3. The van der Waals surface area contributed by atoms with Crippen molar-refractivity contribution in [3.63, 3.8) is 0 Å². The average molecular weight is 488 g/mol. The van der Waals surface area contributed by atoms with E-state index in [2.05, 4.69) is 48.7 Å². The van der Waals surface area contributed by atoms with Gasteiger partial charge in [0, 0.05) is 5.38 Å². The number of ether oxygens (including phenoxy) is 1. The fraction of sp³-hybridized carbons (Fsp3) is 0.261. The fourth-order valence-electron chi connectivity index (χ4n) is 2.94. The number of carbonyl (C=O) groups is 1. The topological polar surface area (TPSA) is 83.0 Å². The van der Waals surface area contributed by atoms with Gasteiger partial charge in [-0.05, 0) is 47.1 Å². The van der Waals surface area contributed by atoms with Crippen LogP contribution in [-0.2, 0) is 10.2 Å². The van der Waals surface area contributed by atoms with Crippen molar-refractivity contribution in [1.29, 1.82) is 0 Å². The number of methoxy groups -OCH3 is 1. The summed E-state index contributed by atoms with van der Waals surface area (Å²) in [5.41, 5.74) is 6.78. The molecule has 0 aliphatic rings. The number of nitrogens with zero attached hydrogens (tertiary/aromatic N) is 1. The highest BCUT2D eigenvalue weighted by atomic mass is 32.1. The van der Waals surface area contributed by atoms with Crippen LogP contribution in [0.15, 0.2) is 46.2 Å². The Balaban J connectivity index is 1.71. The zero-order valence-electron chi connectivity index (χ0n) is 18.5. The standard InChI is InChI=1S/C23H25N3O3S3/c1-13(25-26-22(30)24-17-10-11-31-20(17)21(28)29-5)16-12-32-19(18(16)27)14-6-8-15(9-7-14)23(2,3)4/h6-12,27H,1-5H3,(H2,24,26,30)/b25-13-. The van der Waals surface area contributed by atoms with Crippen LogP contribution in [0.25, 0.3) is 10.4 Å². The minimum atomic E-state index is -0.434. The first kappa shape index (κ1) is 23.9. The summed E-state index contributed by atoms with van der Waals surface area (Å²) >= 11 is 7.99. The number of anilines is 1. The molecule has 0 atom stereocenters. The van der Waals surface area contributed by atoms with E-state index in [9.17, 15) is 9.90 Å². The molecule has 0 aliphatic heterocycles. The molecule has 0 aliphatic carbocycles. The van der Waals surface area contributed by atoms with Crippen molar-refractivity contribution in [2.45, 2.75) is 33.1 Å². The number of aromatic hydroxyl groups is 1. The molecule has 0 saturated carbocycles. The molecule has 3 N–H and O–H groups in total. The molecular formula is C23H25N3O3S3. The third kappa shape index (κ3) is 5.35. The molecule has 0 amide bonds. The summed E-state index contributed by atoms with van der Waals surface area (Å²) in [6.07, 6.45) is 0. The average Bonchev–Trinajstić information content (AvgIpc) is 3.37. The quantitative estimate of drug-likeness (QED) is 0.178. The zero-order chi connectivity index (χ0) is 23.5. The van der Waals surface area contributed by atoms with Gasteiger partial charge in [-0.3, -0.25) is 5.43 Å². The lowest BCUT2D eigenvalue weighted by Crippen LogP contribution is -2.25. The van der Waals surface area contributed by atoms with Gasteiger partial charge in [0.25, 0.3) is 0 Å². The number of benzene rings is 1. The van der Waals surface area contributed by atoms with Gasteiger partial charge >= 0.3 is 5.97 Å². The molecule has 9 heteroatoms. The summed E-state index contributed by atoms with van der Waals surface area (Å²) in [5, 5.41) is 21.9. The normalized spacial score (nSPS) is 11.8. The highest BCUT2D eigenvalue weighted by molar-refractivity contribution is 7.80. The van der Waals surface area contributed by atoms with Crippen molar-refractivity contribution in [2.75, 3.05) is 12.4 Å². The largest absolute Gasteiger partial charge is 0.506 e. The van der Waals surface area contributed by atoms with Crippen LogP contribution >= 0.6 is 34.9 Å². The molecule has 0 fully saturated rings. The lowest BCUT2D eigenvalue weighted by Gasteiger charge is -2.19. The molecule has 0 spiro atoms. The number of hydrazone groups is 1. The number of esters is 1. The van der Waals surface area contributed by atoms with Crippen LogP contribution in [0.5, 0.6) is 5.75 Å². The van der Waals surface area contributed by atoms with Crippen LogP contribution in [0.2, 0.25) is 0 Å². The zero-order valence-corrected chi connectivity index (χ0v) is 20.9. The smallest absolute Gasteiger partial charge is 0.350 e. The van der Waals surface area contributed by atoms with Crippen molar-refractivity contribution in [1.82, 2.24) is 5.43 Å². The highest BCUT2D eigenvalue weighted by Crippen LogP contribution is 2.39. The van der Waals surface area contributed by atoms with Gasteiger partial charge in [0.2, 0.25) is 0 Å². The second kappa shape index (κ2) is 9.81. The number of carbonyl (C=O) groups excluding carboxylic acids is 1. The van der Waals surface area contributed by atoms with Crippen LogP contribution in [0, 0.1) is 0 Å². The van der Waals surface area contributed by atoms with Gasteiger partial charge in [0.1, 0.15) is 10.6 Å². The van der Waals surface area contributed by atoms with Crippen molar-refractivity contribution in [2.24, 2.45) is 5.10 Å². The van der Waals surface area contributed by atoms with Crippen molar-refractivity contribution in [3.05, 3.63) is 57.1 Å². The van der Waals surface area contributed by atoms with Crippen molar-refractivity contribution in [3.8, 4) is 16.2 Å². The Morgan fingerprint density at radius 3 is 2.47 bits per heavy atom. The lowest BCUT2D eigenvalue weighted by molar-refractivity contribution is 0.0607. The summed E-state index contributed by atoms with van der Waals surface area (Å²) in [4.78, 5) is 13.0. The molecule has 3 aromatic rings. The summed E-state index contributed by atoms with van der Waals surface area (Å²) in [7, 11) is 1.33. The monoisotopic (exact) mass is 487 g/mol. The molecule has 0 bridgehead atoms. The highest BCUT2D eigenvalue weighted by Gasteiger charge is 2.18. The molecule has 0 saturated heterocycles. The van der Waals surface area contributed by atoms with Crippen LogP contribution < -0.4 is 10.7 Å². The minimum Gasteiger partial charge on any atom is -0.506 e. The van der Waals surface area contributed by atoms with E-state index in [1.807, 2.05) is 17.5 Å². The van der Waals surface area contributed by atoms with Crippen LogP contribution in [-0.4, -0.2) is 29.0 Å². The summed E-state index contributed by atoms with van der Waals surface area (Å²) in [6, 6.07) is 9.98. The van der Waals surface area contributed by atoms with Gasteiger partial charge in [0.15, 0.2) is 5.11 Å². The SMILES string of the molecule is COC(=O)c1sccc1NC(=S)N/N=C(/C)c1csc(-c2ccc(C(C)(C)C)cc2)c1O. The van der Waals surface area contributed by atoms with E-state index in [0.29, 0.717) is 21.8 Å². The van der Waals surface area contributed by atoms with E-state index >= 15 is 0 Å². The maximum Gasteiger partial charge on any atom is 0.350 e. The van der Waals surface area contributed by atoms with Gasteiger partial charge < -0.3 is 15.2 Å². The molecule has 1 aromatic carbocycles. The first-order valence-electron chi connectivity index (χ1n) is 9.80. The number of nitrogens with one attached hydrogen (secondary N) is 2. The first-order valence-corrected chi connectivity index (χ1v) is 12.0. The fourth-order valence-corrected chi connectivity index (χ4v) is 4.87. The Morgan fingerprint density at radius 2 is 1.84 bits per heavy atom. The number of rotatable bonds is 5. The molecule has 3 rings (SSSR count). The second-order valence-corrected chi connectivity index (χ2v) is 10.3.